The van der Waals surface area contributed by atoms with Gasteiger partial charge in [-0.05, 0) is 33.3 Å². The second kappa shape index (κ2) is 9.27. The summed E-state index contributed by atoms with van der Waals surface area (Å²) in [4.78, 5) is 11.5. The molecule has 0 aromatic rings. The molecule has 0 spiro atoms. The lowest BCUT2D eigenvalue weighted by Crippen LogP contribution is -2.62. The van der Waals surface area contributed by atoms with Crippen molar-refractivity contribution in [1.82, 2.24) is 5.32 Å². The third-order valence-electron chi connectivity index (χ3n) is 2.37. The molecule has 0 aliphatic heterocycles. The lowest BCUT2D eigenvalue weighted by Gasteiger charge is -2.34. The zero-order valence-corrected chi connectivity index (χ0v) is 12.8. The SMILES string of the molecule is C=CC(=O)NC(CC)[Si](OCC)(OCC)OCC. The van der Waals surface area contributed by atoms with Gasteiger partial charge in [-0.1, -0.05) is 13.5 Å². The molecule has 0 heterocycles. The Hall–Kier alpha value is -0.693. The number of hydrogen-bond acceptors (Lipinski definition) is 4. The number of carbonyl (C=O) groups excluding carboxylic acids is 1. The number of amides is 1. The molecule has 1 amide bonds. The fraction of sp³-hybridized carbons (Fsp3) is 0.750. The minimum atomic E-state index is -2.88. The first-order valence-electron chi connectivity index (χ1n) is 6.44. The molecule has 5 nitrogen and oxygen atoms in total. The Kier molecular flexibility index (Phi) is 8.91. The Bertz CT molecular complexity index is 243. The molecule has 0 fully saturated rings. The van der Waals surface area contributed by atoms with E-state index in [9.17, 15) is 4.79 Å². The summed E-state index contributed by atoms with van der Waals surface area (Å²) in [6, 6.07) is 0. The fourth-order valence-electron chi connectivity index (χ4n) is 1.70. The summed E-state index contributed by atoms with van der Waals surface area (Å²) >= 11 is 0. The van der Waals surface area contributed by atoms with Crippen molar-refractivity contribution in [2.45, 2.75) is 39.8 Å². The van der Waals surface area contributed by atoms with Crippen molar-refractivity contribution in [1.29, 1.82) is 0 Å². The maximum absolute atomic E-state index is 11.5. The van der Waals surface area contributed by atoms with Crippen molar-refractivity contribution in [2.75, 3.05) is 19.8 Å². The van der Waals surface area contributed by atoms with Crippen molar-refractivity contribution in [2.24, 2.45) is 0 Å². The maximum Gasteiger partial charge on any atom is 0.524 e. The van der Waals surface area contributed by atoms with E-state index in [0.29, 0.717) is 26.2 Å². The summed E-state index contributed by atoms with van der Waals surface area (Å²) in [6.45, 7) is 12.6. The van der Waals surface area contributed by atoms with Gasteiger partial charge in [-0.3, -0.25) is 4.79 Å². The van der Waals surface area contributed by atoms with E-state index in [4.69, 9.17) is 13.3 Å². The smallest absolute Gasteiger partial charge is 0.373 e. The van der Waals surface area contributed by atoms with Crippen molar-refractivity contribution in [3.63, 3.8) is 0 Å². The summed E-state index contributed by atoms with van der Waals surface area (Å²) in [5.41, 5.74) is -0.247. The molecule has 0 aliphatic rings. The molecule has 0 aromatic carbocycles. The largest absolute Gasteiger partial charge is 0.524 e. The molecule has 0 saturated carbocycles. The van der Waals surface area contributed by atoms with Crippen LogP contribution in [0.25, 0.3) is 0 Å². The molecule has 0 aliphatic carbocycles. The van der Waals surface area contributed by atoms with Crippen LogP contribution in [0.3, 0.4) is 0 Å². The van der Waals surface area contributed by atoms with E-state index in [1.165, 1.54) is 6.08 Å². The van der Waals surface area contributed by atoms with Crippen molar-refractivity contribution >= 4 is 14.7 Å². The minimum Gasteiger partial charge on any atom is -0.373 e. The number of carbonyl (C=O) groups is 1. The fourth-order valence-corrected chi connectivity index (χ4v) is 4.58. The van der Waals surface area contributed by atoms with Crippen LogP contribution in [0.1, 0.15) is 34.1 Å². The highest BCUT2D eigenvalue weighted by Crippen LogP contribution is 2.17. The van der Waals surface area contributed by atoms with Gasteiger partial charge in [0.2, 0.25) is 5.91 Å². The highest BCUT2D eigenvalue weighted by Gasteiger charge is 2.49. The van der Waals surface area contributed by atoms with E-state index in [1.807, 2.05) is 27.7 Å². The molecule has 106 valence electrons. The van der Waals surface area contributed by atoms with Gasteiger partial charge in [0, 0.05) is 19.8 Å². The molecule has 0 saturated heterocycles. The summed E-state index contributed by atoms with van der Waals surface area (Å²) < 4.78 is 17.3. The zero-order chi connectivity index (χ0) is 14.0. The first-order valence-corrected chi connectivity index (χ1v) is 8.25. The van der Waals surface area contributed by atoms with Gasteiger partial charge in [-0.25, -0.2) is 0 Å². The van der Waals surface area contributed by atoms with Crippen LogP contribution in [0, 0.1) is 0 Å². The molecule has 1 unspecified atom stereocenters. The van der Waals surface area contributed by atoms with Crippen molar-refractivity contribution in [3.8, 4) is 0 Å². The molecular weight excluding hydrogens is 250 g/mol. The molecule has 1 atom stereocenters. The average molecular weight is 275 g/mol. The number of hydrogen-bond donors (Lipinski definition) is 1. The van der Waals surface area contributed by atoms with E-state index in [2.05, 4.69) is 11.9 Å². The van der Waals surface area contributed by atoms with Gasteiger partial charge >= 0.3 is 8.80 Å². The van der Waals surface area contributed by atoms with Crippen LogP contribution < -0.4 is 5.32 Å². The standard InChI is InChI=1S/C12H25NO4Si/c1-6-11(14)13-12(7-2)18(15-8-3,16-9-4)17-10-5/h6,12H,1,7-10H2,2-5H3,(H,13,14). The molecule has 6 heteroatoms. The van der Waals surface area contributed by atoms with Crippen LogP contribution in [-0.4, -0.2) is 40.2 Å². The summed E-state index contributed by atoms with van der Waals surface area (Å²) in [5.74, 6) is -0.238. The van der Waals surface area contributed by atoms with Gasteiger partial charge in [0.1, 0.15) is 0 Å². The van der Waals surface area contributed by atoms with Gasteiger partial charge in [-0.15, -0.1) is 0 Å². The van der Waals surface area contributed by atoms with Crippen LogP contribution in [0.4, 0.5) is 0 Å². The van der Waals surface area contributed by atoms with E-state index in [1.54, 1.807) is 0 Å². The van der Waals surface area contributed by atoms with Crippen LogP contribution in [-0.2, 0) is 18.1 Å². The molecule has 0 aromatic heterocycles. The average Bonchev–Trinajstić information content (AvgIpc) is 2.36. The van der Waals surface area contributed by atoms with Crippen LogP contribution in [0.5, 0.6) is 0 Å². The number of nitrogens with one attached hydrogen (secondary N) is 1. The van der Waals surface area contributed by atoms with Gasteiger partial charge in [0.05, 0.1) is 5.67 Å². The Morgan fingerprint density at radius 3 is 1.89 bits per heavy atom. The molecule has 0 radical (unpaired) electrons. The minimum absolute atomic E-state index is 0.238. The number of rotatable bonds is 10. The quantitative estimate of drug-likeness (QED) is 0.486. The third kappa shape index (κ3) is 4.89. The van der Waals surface area contributed by atoms with Crippen LogP contribution >= 0.6 is 0 Å². The van der Waals surface area contributed by atoms with E-state index < -0.39 is 8.80 Å². The summed E-state index contributed by atoms with van der Waals surface area (Å²) in [7, 11) is -2.88. The van der Waals surface area contributed by atoms with Gasteiger partial charge in [0.25, 0.3) is 0 Å². The van der Waals surface area contributed by atoms with Gasteiger partial charge < -0.3 is 18.6 Å². The molecule has 0 bridgehead atoms. The first kappa shape index (κ1) is 17.3. The van der Waals surface area contributed by atoms with E-state index in [0.717, 1.165) is 0 Å². The molecule has 1 N–H and O–H groups in total. The topological polar surface area (TPSA) is 56.8 Å². The molecular formula is C12H25NO4Si. The lowest BCUT2D eigenvalue weighted by atomic mass is 10.4. The monoisotopic (exact) mass is 275 g/mol. The van der Waals surface area contributed by atoms with E-state index >= 15 is 0 Å². The second-order valence-electron chi connectivity index (χ2n) is 3.58. The Morgan fingerprint density at radius 2 is 1.61 bits per heavy atom. The normalized spacial score (nSPS) is 13.1. The maximum atomic E-state index is 11.5. The van der Waals surface area contributed by atoms with Crippen LogP contribution in [0.15, 0.2) is 12.7 Å². The van der Waals surface area contributed by atoms with Crippen molar-refractivity contribution in [3.05, 3.63) is 12.7 Å². The molecule has 0 rings (SSSR count). The second-order valence-corrected chi connectivity index (χ2v) is 6.35. The Balaban J connectivity index is 5.04. The predicted molar refractivity (Wildman–Crippen MR) is 73.1 cm³/mol. The van der Waals surface area contributed by atoms with Gasteiger partial charge in [-0.2, -0.15) is 0 Å². The molecule has 18 heavy (non-hydrogen) atoms. The predicted octanol–water partition coefficient (Wildman–Crippen LogP) is 1.65. The lowest BCUT2D eigenvalue weighted by molar-refractivity contribution is -0.117. The zero-order valence-electron chi connectivity index (χ0n) is 11.8. The van der Waals surface area contributed by atoms with E-state index in [-0.39, 0.29) is 11.6 Å². The Labute approximate surface area is 111 Å². The summed E-state index contributed by atoms with van der Waals surface area (Å²) in [6.07, 6.45) is 1.93. The third-order valence-corrected chi connectivity index (χ3v) is 5.85. The Morgan fingerprint density at radius 1 is 1.17 bits per heavy atom. The highest BCUT2D eigenvalue weighted by molar-refractivity contribution is 6.62. The summed E-state index contributed by atoms with van der Waals surface area (Å²) in [5, 5.41) is 2.84. The van der Waals surface area contributed by atoms with Gasteiger partial charge in [0.15, 0.2) is 0 Å². The van der Waals surface area contributed by atoms with Crippen molar-refractivity contribution < 1.29 is 18.1 Å². The first-order chi connectivity index (χ1) is 8.60. The van der Waals surface area contributed by atoms with Crippen LogP contribution in [0.2, 0.25) is 0 Å². The highest BCUT2D eigenvalue weighted by atomic mass is 28.4.